The summed E-state index contributed by atoms with van der Waals surface area (Å²) in [6, 6.07) is 7.38. The first-order valence-electron chi connectivity index (χ1n) is 5.41. The van der Waals surface area contributed by atoms with E-state index in [0.717, 1.165) is 16.0 Å². The molecule has 5 heteroatoms. The predicted molar refractivity (Wildman–Crippen MR) is 68.7 cm³/mol. The molecule has 92 valence electrons. The molecule has 0 aliphatic rings. The van der Waals surface area contributed by atoms with Gasteiger partial charge in [-0.25, -0.2) is 9.97 Å². The SMILES string of the molecule is Cc1cnc(Sc2ccc(CC(=O)O)cc2)nc1. The molecule has 4 nitrogen and oxygen atoms in total. The Bertz CT molecular complexity index is 538. The number of benzene rings is 1. The topological polar surface area (TPSA) is 63.1 Å². The lowest BCUT2D eigenvalue weighted by molar-refractivity contribution is -0.136. The molecule has 0 atom stereocenters. The molecular formula is C13H12N2O2S. The van der Waals surface area contributed by atoms with Gasteiger partial charge in [-0.3, -0.25) is 4.79 Å². The Labute approximate surface area is 109 Å². The third kappa shape index (κ3) is 3.56. The summed E-state index contributed by atoms with van der Waals surface area (Å²) in [7, 11) is 0. The van der Waals surface area contributed by atoms with Crippen molar-refractivity contribution in [3.63, 3.8) is 0 Å². The molecule has 0 aliphatic carbocycles. The summed E-state index contributed by atoms with van der Waals surface area (Å²) in [4.78, 5) is 19.9. The van der Waals surface area contributed by atoms with Crippen molar-refractivity contribution in [1.29, 1.82) is 0 Å². The molecule has 1 N–H and O–H groups in total. The predicted octanol–water partition coefficient (Wildman–Crippen LogP) is 2.56. The van der Waals surface area contributed by atoms with Crippen molar-refractivity contribution in [1.82, 2.24) is 9.97 Å². The van der Waals surface area contributed by atoms with Crippen LogP contribution >= 0.6 is 11.8 Å². The normalized spacial score (nSPS) is 10.3. The Morgan fingerprint density at radius 3 is 2.39 bits per heavy atom. The average molecular weight is 260 g/mol. The highest BCUT2D eigenvalue weighted by molar-refractivity contribution is 7.99. The van der Waals surface area contributed by atoms with E-state index in [4.69, 9.17) is 5.11 Å². The number of aryl methyl sites for hydroxylation is 1. The van der Waals surface area contributed by atoms with E-state index in [-0.39, 0.29) is 6.42 Å². The van der Waals surface area contributed by atoms with Gasteiger partial charge >= 0.3 is 5.97 Å². The van der Waals surface area contributed by atoms with Gasteiger partial charge in [-0.15, -0.1) is 0 Å². The number of carbonyl (C=O) groups is 1. The van der Waals surface area contributed by atoms with Crippen LogP contribution in [0.1, 0.15) is 11.1 Å². The molecule has 0 unspecified atom stereocenters. The maximum absolute atomic E-state index is 10.6. The summed E-state index contributed by atoms with van der Waals surface area (Å²) in [6.07, 6.45) is 3.59. The van der Waals surface area contributed by atoms with Gasteiger partial charge in [0.15, 0.2) is 5.16 Å². The minimum Gasteiger partial charge on any atom is -0.481 e. The molecule has 0 spiro atoms. The molecule has 0 saturated carbocycles. The molecule has 2 aromatic rings. The average Bonchev–Trinajstić information content (AvgIpc) is 2.34. The molecule has 0 fully saturated rings. The molecule has 2 rings (SSSR count). The van der Waals surface area contributed by atoms with Crippen LogP contribution in [0.3, 0.4) is 0 Å². The number of rotatable bonds is 4. The lowest BCUT2D eigenvalue weighted by Crippen LogP contribution is -1.99. The van der Waals surface area contributed by atoms with Crippen LogP contribution in [-0.2, 0) is 11.2 Å². The smallest absolute Gasteiger partial charge is 0.307 e. The van der Waals surface area contributed by atoms with E-state index in [0.29, 0.717) is 5.16 Å². The summed E-state index contributed by atoms with van der Waals surface area (Å²) in [6.45, 7) is 1.94. The zero-order valence-corrected chi connectivity index (χ0v) is 10.6. The van der Waals surface area contributed by atoms with E-state index in [1.54, 1.807) is 12.4 Å². The summed E-state index contributed by atoms with van der Waals surface area (Å²) in [5.41, 5.74) is 1.81. The van der Waals surface area contributed by atoms with Gasteiger partial charge in [0.1, 0.15) is 0 Å². The Morgan fingerprint density at radius 1 is 1.22 bits per heavy atom. The van der Waals surface area contributed by atoms with Crippen molar-refractivity contribution in [3.8, 4) is 0 Å². The van der Waals surface area contributed by atoms with Gasteiger partial charge < -0.3 is 5.11 Å². The zero-order chi connectivity index (χ0) is 13.0. The number of hydrogen-bond acceptors (Lipinski definition) is 4. The van der Waals surface area contributed by atoms with Gasteiger partial charge in [-0.1, -0.05) is 12.1 Å². The number of carboxylic acid groups (broad SMARTS) is 1. The lowest BCUT2D eigenvalue weighted by atomic mass is 10.2. The van der Waals surface area contributed by atoms with Gasteiger partial charge in [0, 0.05) is 17.3 Å². The van der Waals surface area contributed by atoms with E-state index in [1.165, 1.54) is 11.8 Å². The second-order valence-corrected chi connectivity index (χ2v) is 4.90. The van der Waals surface area contributed by atoms with Crippen molar-refractivity contribution in [3.05, 3.63) is 47.8 Å². The van der Waals surface area contributed by atoms with Crippen molar-refractivity contribution in [2.24, 2.45) is 0 Å². The first kappa shape index (κ1) is 12.6. The van der Waals surface area contributed by atoms with Crippen LogP contribution in [0.2, 0.25) is 0 Å². The Kier molecular flexibility index (Phi) is 3.94. The highest BCUT2D eigenvalue weighted by Crippen LogP contribution is 2.24. The van der Waals surface area contributed by atoms with Gasteiger partial charge in [0.25, 0.3) is 0 Å². The molecule has 1 heterocycles. The number of aromatic nitrogens is 2. The van der Waals surface area contributed by atoms with Crippen LogP contribution in [-0.4, -0.2) is 21.0 Å². The van der Waals surface area contributed by atoms with E-state index < -0.39 is 5.97 Å². The molecule has 0 radical (unpaired) electrons. The fourth-order valence-electron chi connectivity index (χ4n) is 1.39. The van der Waals surface area contributed by atoms with Gasteiger partial charge in [0.05, 0.1) is 6.42 Å². The standard InChI is InChI=1S/C13H12N2O2S/c1-9-7-14-13(15-8-9)18-11-4-2-10(3-5-11)6-12(16)17/h2-5,7-8H,6H2,1H3,(H,16,17). The van der Waals surface area contributed by atoms with Gasteiger partial charge in [-0.2, -0.15) is 0 Å². The molecule has 0 aliphatic heterocycles. The number of carboxylic acids is 1. The quantitative estimate of drug-likeness (QED) is 0.856. The Morgan fingerprint density at radius 2 is 1.83 bits per heavy atom. The third-order valence-electron chi connectivity index (χ3n) is 2.25. The van der Waals surface area contributed by atoms with Crippen molar-refractivity contribution >= 4 is 17.7 Å². The van der Waals surface area contributed by atoms with Crippen LogP contribution in [0.15, 0.2) is 46.7 Å². The van der Waals surface area contributed by atoms with Crippen LogP contribution < -0.4 is 0 Å². The van der Waals surface area contributed by atoms with Crippen molar-refractivity contribution in [2.45, 2.75) is 23.4 Å². The van der Waals surface area contributed by atoms with Crippen LogP contribution in [0.25, 0.3) is 0 Å². The van der Waals surface area contributed by atoms with Gasteiger partial charge in [-0.05, 0) is 41.9 Å². The first-order valence-corrected chi connectivity index (χ1v) is 6.22. The zero-order valence-electron chi connectivity index (χ0n) is 9.83. The maximum Gasteiger partial charge on any atom is 0.307 e. The summed E-state index contributed by atoms with van der Waals surface area (Å²) in [5.74, 6) is -0.822. The van der Waals surface area contributed by atoms with Crippen LogP contribution in [0.5, 0.6) is 0 Å². The number of aliphatic carboxylic acids is 1. The molecule has 1 aromatic carbocycles. The molecule has 18 heavy (non-hydrogen) atoms. The maximum atomic E-state index is 10.6. The second-order valence-electron chi connectivity index (χ2n) is 3.86. The van der Waals surface area contributed by atoms with Crippen molar-refractivity contribution in [2.75, 3.05) is 0 Å². The monoisotopic (exact) mass is 260 g/mol. The molecule has 0 saturated heterocycles. The van der Waals surface area contributed by atoms with Crippen LogP contribution in [0.4, 0.5) is 0 Å². The fourth-order valence-corrected chi connectivity index (χ4v) is 2.08. The van der Waals surface area contributed by atoms with E-state index in [1.807, 2.05) is 31.2 Å². The minimum absolute atomic E-state index is 0.0476. The van der Waals surface area contributed by atoms with E-state index in [2.05, 4.69) is 9.97 Å². The number of nitrogens with zero attached hydrogens (tertiary/aromatic N) is 2. The van der Waals surface area contributed by atoms with Gasteiger partial charge in [0.2, 0.25) is 0 Å². The first-order chi connectivity index (χ1) is 8.63. The second kappa shape index (κ2) is 5.64. The van der Waals surface area contributed by atoms with E-state index >= 15 is 0 Å². The van der Waals surface area contributed by atoms with E-state index in [9.17, 15) is 4.79 Å². The van der Waals surface area contributed by atoms with Crippen LogP contribution in [0, 0.1) is 6.92 Å². The Balaban J connectivity index is 2.06. The number of hydrogen-bond donors (Lipinski definition) is 1. The highest BCUT2D eigenvalue weighted by Gasteiger charge is 2.02. The molecular weight excluding hydrogens is 248 g/mol. The lowest BCUT2D eigenvalue weighted by Gasteiger charge is -2.02. The molecule has 0 bridgehead atoms. The third-order valence-corrected chi connectivity index (χ3v) is 3.15. The van der Waals surface area contributed by atoms with Crippen molar-refractivity contribution < 1.29 is 9.90 Å². The summed E-state index contributed by atoms with van der Waals surface area (Å²) >= 11 is 1.45. The summed E-state index contributed by atoms with van der Waals surface area (Å²) in [5, 5.41) is 9.36. The molecule has 1 aromatic heterocycles. The minimum atomic E-state index is -0.822. The highest BCUT2D eigenvalue weighted by atomic mass is 32.2. The molecule has 0 amide bonds. The Hall–Kier alpha value is -1.88. The largest absolute Gasteiger partial charge is 0.481 e. The summed E-state index contributed by atoms with van der Waals surface area (Å²) < 4.78 is 0. The fraction of sp³-hybridized carbons (Fsp3) is 0.154.